The smallest absolute Gasteiger partial charge is 0.119 e. The number of hydrogen-bond acceptors (Lipinski definition) is 2. The number of benzene rings is 1. The van der Waals surface area contributed by atoms with Crippen molar-refractivity contribution in [2.75, 3.05) is 6.61 Å². The van der Waals surface area contributed by atoms with Gasteiger partial charge in [0.1, 0.15) is 5.75 Å². The van der Waals surface area contributed by atoms with E-state index in [4.69, 9.17) is 4.74 Å². The van der Waals surface area contributed by atoms with E-state index in [-0.39, 0.29) is 6.10 Å². The molecule has 1 aliphatic rings. The maximum absolute atomic E-state index is 10.1. The zero-order chi connectivity index (χ0) is 14.4. The van der Waals surface area contributed by atoms with Crippen LogP contribution in [0.4, 0.5) is 0 Å². The van der Waals surface area contributed by atoms with Crippen molar-refractivity contribution in [1.82, 2.24) is 0 Å². The Kier molecular flexibility index (Phi) is 6.37. The predicted molar refractivity (Wildman–Crippen MR) is 86.0 cm³/mol. The van der Waals surface area contributed by atoms with E-state index in [1.807, 2.05) is 24.3 Å². The van der Waals surface area contributed by atoms with Gasteiger partial charge < -0.3 is 9.84 Å². The Morgan fingerprint density at radius 1 is 1.20 bits per heavy atom. The van der Waals surface area contributed by atoms with Gasteiger partial charge in [-0.25, -0.2) is 0 Å². The summed E-state index contributed by atoms with van der Waals surface area (Å²) in [5.41, 5.74) is 0. The Labute approximate surface area is 130 Å². The molecule has 3 atom stereocenters. The van der Waals surface area contributed by atoms with Crippen molar-refractivity contribution < 1.29 is 9.84 Å². The lowest BCUT2D eigenvalue weighted by Gasteiger charge is -2.33. The molecule has 0 radical (unpaired) electrons. The van der Waals surface area contributed by atoms with Crippen molar-refractivity contribution in [1.29, 1.82) is 0 Å². The van der Waals surface area contributed by atoms with Gasteiger partial charge in [-0.15, -0.1) is 0 Å². The Morgan fingerprint density at radius 3 is 2.65 bits per heavy atom. The second-order valence-electron chi connectivity index (χ2n) is 5.89. The summed E-state index contributed by atoms with van der Waals surface area (Å²) in [5.74, 6) is 2.13. The van der Waals surface area contributed by atoms with Crippen molar-refractivity contribution >= 4 is 15.9 Å². The molecule has 0 spiro atoms. The standard InChI is InChI=1S/C17H25BrO2/c1-2-3-13-4-9-17(19)14(12-13)10-11-20-16-7-5-15(18)6-8-16/h5-8,13-14,17,19H,2-4,9-12H2,1H3. The quantitative estimate of drug-likeness (QED) is 0.806. The van der Waals surface area contributed by atoms with Crippen molar-refractivity contribution in [2.45, 2.75) is 51.6 Å². The number of ether oxygens (including phenoxy) is 1. The zero-order valence-corrected chi connectivity index (χ0v) is 13.8. The van der Waals surface area contributed by atoms with Crippen LogP contribution in [-0.4, -0.2) is 17.8 Å². The normalized spacial score (nSPS) is 26.4. The van der Waals surface area contributed by atoms with Gasteiger partial charge in [-0.05, 0) is 61.8 Å². The van der Waals surface area contributed by atoms with Crippen molar-refractivity contribution in [3.8, 4) is 5.75 Å². The Bertz CT molecular complexity index is 390. The van der Waals surface area contributed by atoms with E-state index in [1.54, 1.807) is 0 Å². The minimum Gasteiger partial charge on any atom is -0.494 e. The zero-order valence-electron chi connectivity index (χ0n) is 12.2. The van der Waals surface area contributed by atoms with Crippen molar-refractivity contribution in [3.63, 3.8) is 0 Å². The van der Waals surface area contributed by atoms with Crippen molar-refractivity contribution in [3.05, 3.63) is 28.7 Å². The Balaban J connectivity index is 1.75. The molecule has 0 amide bonds. The summed E-state index contributed by atoms with van der Waals surface area (Å²) in [6.45, 7) is 2.94. The topological polar surface area (TPSA) is 29.5 Å². The van der Waals surface area contributed by atoms with E-state index in [1.165, 1.54) is 25.7 Å². The molecule has 112 valence electrons. The van der Waals surface area contributed by atoms with Gasteiger partial charge in [-0.2, -0.15) is 0 Å². The van der Waals surface area contributed by atoms with Gasteiger partial charge in [-0.3, -0.25) is 0 Å². The highest BCUT2D eigenvalue weighted by Crippen LogP contribution is 2.34. The molecule has 20 heavy (non-hydrogen) atoms. The fraction of sp³-hybridized carbons (Fsp3) is 0.647. The highest BCUT2D eigenvalue weighted by atomic mass is 79.9. The van der Waals surface area contributed by atoms with Crippen molar-refractivity contribution in [2.24, 2.45) is 11.8 Å². The summed E-state index contributed by atoms with van der Waals surface area (Å²) < 4.78 is 6.84. The average molecular weight is 341 g/mol. The summed E-state index contributed by atoms with van der Waals surface area (Å²) in [7, 11) is 0. The fourth-order valence-electron chi connectivity index (χ4n) is 3.18. The summed E-state index contributed by atoms with van der Waals surface area (Å²) in [6.07, 6.45) is 6.71. The van der Waals surface area contributed by atoms with Crippen LogP contribution in [0.2, 0.25) is 0 Å². The first-order valence-corrected chi connectivity index (χ1v) is 8.54. The molecule has 1 fully saturated rings. The Hall–Kier alpha value is -0.540. The molecule has 1 N–H and O–H groups in total. The highest BCUT2D eigenvalue weighted by Gasteiger charge is 2.28. The molecule has 0 aromatic heterocycles. The SMILES string of the molecule is CCCC1CCC(O)C(CCOc2ccc(Br)cc2)C1. The van der Waals surface area contributed by atoms with Gasteiger partial charge in [0.05, 0.1) is 12.7 Å². The van der Waals surface area contributed by atoms with Gasteiger partial charge in [0.2, 0.25) is 0 Å². The molecule has 3 unspecified atom stereocenters. The molecule has 0 saturated heterocycles. The minimum atomic E-state index is -0.128. The third-order valence-electron chi connectivity index (χ3n) is 4.32. The predicted octanol–water partition coefficient (Wildman–Crippen LogP) is 4.80. The van der Waals surface area contributed by atoms with E-state index >= 15 is 0 Å². The third-order valence-corrected chi connectivity index (χ3v) is 4.85. The van der Waals surface area contributed by atoms with E-state index in [2.05, 4.69) is 22.9 Å². The van der Waals surface area contributed by atoms with Crippen LogP contribution in [0.5, 0.6) is 5.75 Å². The van der Waals surface area contributed by atoms with E-state index < -0.39 is 0 Å². The van der Waals surface area contributed by atoms with Gasteiger partial charge in [0.15, 0.2) is 0 Å². The molecule has 2 rings (SSSR count). The highest BCUT2D eigenvalue weighted by molar-refractivity contribution is 9.10. The first-order chi connectivity index (χ1) is 9.69. The number of halogens is 1. The van der Waals surface area contributed by atoms with Gasteiger partial charge in [-0.1, -0.05) is 35.7 Å². The van der Waals surface area contributed by atoms with Crippen LogP contribution < -0.4 is 4.74 Å². The Morgan fingerprint density at radius 2 is 1.95 bits per heavy atom. The number of aliphatic hydroxyl groups is 1. The first kappa shape index (κ1) is 15.8. The molecule has 0 heterocycles. The van der Waals surface area contributed by atoms with Gasteiger partial charge in [0.25, 0.3) is 0 Å². The molecule has 1 aromatic rings. The van der Waals surface area contributed by atoms with Gasteiger partial charge in [0, 0.05) is 4.47 Å². The maximum atomic E-state index is 10.1. The van der Waals surface area contributed by atoms with E-state index in [0.29, 0.717) is 12.5 Å². The summed E-state index contributed by atoms with van der Waals surface area (Å²) in [4.78, 5) is 0. The largest absolute Gasteiger partial charge is 0.494 e. The molecule has 3 heteroatoms. The van der Waals surface area contributed by atoms with Crippen LogP contribution in [0.15, 0.2) is 28.7 Å². The first-order valence-electron chi connectivity index (χ1n) is 7.75. The summed E-state index contributed by atoms with van der Waals surface area (Å²) in [5, 5.41) is 10.1. The molecular formula is C17H25BrO2. The van der Waals surface area contributed by atoms with E-state index in [0.717, 1.165) is 29.0 Å². The number of hydrogen-bond donors (Lipinski definition) is 1. The second-order valence-corrected chi connectivity index (χ2v) is 6.80. The van der Waals surface area contributed by atoms with E-state index in [9.17, 15) is 5.11 Å². The third kappa shape index (κ3) is 4.78. The lowest BCUT2D eigenvalue weighted by molar-refractivity contribution is 0.0350. The van der Waals surface area contributed by atoms with Crippen LogP contribution in [0.1, 0.15) is 45.4 Å². The molecule has 2 nitrogen and oxygen atoms in total. The van der Waals surface area contributed by atoms with Crippen LogP contribution in [0.25, 0.3) is 0 Å². The van der Waals surface area contributed by atoms with Crippen LogP contribution >= 0.6 is 15.9 Å². The lowest BCUT2D eigenvalue weighted by atomic mass is 9.76. The lowest BCUT2D eigenvalue weighted by Crippen LogP contribution is -2.30. The summed E-state index contributed by atoms with van der Waals surface area (Å²) in [6, 6.07) is 7.92. The fourth-order valence-corrected chi connectivity index (χ4v) is 3.45. The number of rotatable bonds is 6. The molecular weight excluding hydrogens is 316 g/mol. The molecule has 1 saturated carbocycles. The van der Waals surface area contributed by atoms with Crippen LogP contribution in [0.3, 0.4) is 0 Å². The molecule has 1 aromatic carbocycles. The average Bonchev–Trinajstić information content (AvgIpc) is 2.45. The van der Waals surface area contributed by atoms with Gasteiger partial charge >= 0.3 is 0 Å². The monoisotopic (exact) mass is 340 g/mol. The van der Waals surface area contributed by atoms with Crippen LogP contribution in [-0.2, 0) is 0 Å². The van der Waals surface area contributed by atoms with Crippen LogP contribution in [0, 0.1) is 11.8 Å². The second kappa shape index (κ2) is 8.04. The number of aliphatic hydroxyl groups excluding tert-OH is 1. The minimum absolute atomic E-state index is 0.128. The summed E-state index contributed by atoms with van der Waals surface area (Å²) >= 11 is 3.42. The molecule has 0 aliphatic heterocycles. The molecule has 0 bridgehead atoms. The maximum Gasteiger partial charge on any atom is 0.119 e. The molecule has 1 aliphatic carbocycles.